The summed E-state index contributed by atoms with van der Waals surface area (Å²) in [6.07, 6.45) is 4.62. The highest BCUT2D eigenvalue weighted by molar-refractivity contribution is 5.72. The molecular formula is C18H18O3. The zero-order valence-electron chi connectivity index (χ0n) is 11.7. The predicted octanol–water partition coefficient (Wildman–Crippen LogP) is 3.58. The van der Waals surface area contributed by atoms with Crippen molar-refractivity contribution in [2.75, 3.05) is 6.61 Å². The summed E-state index contributed by atoms with van der Waals surface area (Å²) in [5.41, 5.74) is 2.09. The average molecular weight is 282 g/mol. The van der Waals surface area contributed by atoms with E-state index in [0.29, 0.717) is 13.0 Å². The molecule has 0 aliphatic carbocycles. The minimum absolute atomic E-state index is 0.235. The van der Waals surface area contributed by atoms with Crippen LogP contribution in [-0.2, 0) is 16.0 Å². The Morgan fingerprint density at radius 1 is 1.05 bits per heavy atom. The second-order valence-electron chi connectivity index (χ2n) is 4.65. The van der Waals surface area contributed by atoms with Crippen LogP contribution in [0, 0.1) is 0 Å². The van der Waals surface area contributed by atoms with Gasteiger partial charge in [-0.05, 0) is 23.3 Å². The molecule has 0 aliphatic heterocycles. The van der Waals surface area contributed by atoms with Gasteiger partial charge >= 0.3 is 5.97 Å². The molecule has 0 saturated heterocycles. The standard InChI is InChI=1S/C18H18O3/c19-17-11-9-16(10-12-17)13-14-21-18(20)8-4-7-15-5-2-1-3-6-15/h1-7,9-12,19H,8,13-14H2/b7-4+. The molecule has 0 radical (unpaired) electrons. The molecule has 21 heavy (non-hydrogen) atoms. The van der Waals surface area contributed by atoms with Crippen LogP contribution in [-0.4, -0.2) is 17.7 Å². The van der Waals surface area contributed by atoms with Crippen LogP contribution in [0.2, 0.25) is 0 Å². The van der Waals surface area contributed by atoms with Gasteiger partial charge in [-0.15, -0.1) is 0 Å². The Balaban J connectivity index is 1.68. The molecule has 3 nitrogen and oxygen atoms in total. The number of hydrogen-bond acceptors (Lipinski definition) is 3. The van der Waals surface area contributed by atoms with E-state index in [9.17, 15) is 4.79 Å². The Morgan fingerprint density at radius 2 is 1.76 bits per heavy atom. The average Bonchev–Trinajstić information content (AvgIpc) is 2.50. The molecule has 2 aromatic rings. The lowest BCUT2D eigenvalue weighted by Crippen LogP contribution is -2.06. The molecule has 0 saturated carbocycles. The van der Waals surface area contributed by atoms with Gasteiger partial charge in [0.1, 0.15) is 5.75 Å². The lowest BCUT2D eigenvalue weighted by atomic mass is 10.1. The number of carbonyl (C=O) groups is 1. The Bertz CT molecular complexity index is 586. The maximum Gasteiger partial charge on any atom is 0.309 e. The van der Waals surface area contributed by atoms with E-state index in [1.807, 2.05) is 48.5 Å². The molecule has 0 unspecified atom stereocenters. The number of aromatic hydroxyl groups is 1. The van der Waals surface area contributed by atoms with Gasteiger partial charge < -0.3 is 9.84 Å². The summed E-state index contributed by atoms with van der Waals surface area (Å²) in [5.74, 6) is 0.00255. The largest absolute Gasteiger partial charge is 0.508 e. The lowest BCUT2D eigenvalue weighted by Gasteiger charge is -2.03. The molecule has 0 fully saturated rings. The maximum absolute atomic E-state index is 11.6. The lowest BCUT2D eigenvalue weighted by molar-refractivity contribution is -0.142. The molecule has 0 bridgehead atoms. The van der Waals surface area contributed by atoms with E-state index in [0.717, 1.165) is 11.1 Å². The maximum atomic E-state index is 11.6. The molecule has 0 amide bonds. The topological polar surface area (TPSA) is 46.5 Å². The highest BCUT2D eigenvalue weighted by Gasteiger charge is 2.00. The van der Waals surface area contributed by atoms with Gasteiger partial charge in [-0.3, -0.25) is 4.79 Å². The molecule has 3 heteroatoms. The summed E-state index contributed by atoms with van der Waals surface area (Å²) >= 11 is 0. The molecule has 0 aliphatic rings. The number of phenols is 1. The van der Waals surface area contributed by atoms with E-state index in [-0.39, 0.29) is 18.1 Å². The number of ether oxygens (including phenoxy) is 1. The molecule has 108 valence electrons. The highest BCUT2D eigenvalue weighted by Crippen LogP contribution is 2.10. The van der Waals surface area contributed by atoms with Crippen LogP contribution >= 0.6 is 0 Å². The first-order chi connectivity index (χ1) is 10.2. The summed E-state index contributed by atoms with van der Waals surface area (Å²) in [6, 6.07) is 16.7. The fourth-order valence-electron chi connectivity index (χ4n) is 1.86. The quantitative estimate of drug-likeness (QED) is 0.824. The third kappa shape index (κ3) is 5.53. The summed E-state index contributed by atoms with van der Waals surface area (Å²) < 4.78 is 5.16. The van der Waals surface area contributed by atoms with Crippen molar-refractivity contribution in [1.82, 2.24) is 0 Å². The number of carbonyl (C=O) groups excluding carboxylic acids is 1. The van der Waals surface area contributed by atoms with E-state index in [1.165, 1.54) is 0 Å². The van der Waals surface area contributed by atoms with E-state index in [4.69, 9.17) is 9.84 Å². The molecule has 0 aromatic heterocycles. The summed E-state index contributed by atoms with van der Waals surface area (Å²) in [6.45, 7) is 0.350. The first-order valence-corrected chi connectivity index (χ1v) is 6.89. The van der Waals surface area contributed by atoms with Crippen molar-refractivity contribution in [3.63, 3.8) is 0 Å². The van der Waals surface area contributed by atoms with Gasteiger partial charge in [-0.25, -0.2) is 0 Å². The van der Waals surface area contributed by atoms with E-state index >= 15 is 0 Å². The van der Waals surface area contributed by atoms with Gasteiger partial charge in [-0.2, -0.15) is 0 Å². The second-order valence-corrected chi connectivity index (χ2v) is 4.65. The Labute approximate surface area is 124 Å². The van der Waals surface area contributed by atoms with E-state index in [1.54, 1.807) is 18.2 Å². The first-order valence-electron chi connectivity index (χ1n) is 6.89. The molecule has 0 atom stereocenters. The van der Waals surface area contributed by atoms with E-state index in [2.05, 4.69) is 0 Å². The molecule has 2 rings (SSSR count). The zero-order chi connectivity index (χ0) is 14.9. The van der Waals surface area contributed by atoms with Crippen molar-refractivity contribution < 1.29 is 14.6 Å². The van der Waals surface area contributed by atoms with Gasteiger partial charge in [0.25, 0.3) is 0 Å². The second kappa shape index (κ2) is 7.90. The normalized spacial score (nSPS) is 10.7. The van der Waals surface area contributed by atoms with Crippen molar-refractivity contribution in [1.29, 1.82) is 0 Å². The van der Waals surface area contributed by atoms with Crippen molar-refractivity contribution in [3.05, 3.63) is 71.8 Å². The van der Waals surface area contributed by atoms with Crippen LogP contribution in [0.4, 0.5) is 0 Å². The number of benzene rings is 2. The smallest absolute Gasteiger partial charge is 0.309 e. The highest BCUT2D eigenvalue weighted by atomic mass is 16.5. The fraction of sp³-hybridized carbons (Fsp3) is 0.167. The fourth-order valence-corrected chi connectivity index (χ4v) is 1.86. The number of esters is 1. The Kier molecular flexibility index (Phi) is 5.59. The van der Waals surface area contributed by atoms with Gasteiger partial charge in [0.15, 0.2) is 0 Å². The zero-order valence-corrected chi connectivity index (χ0v) is 11.7. The van der Waals surface area contributed by atoms with E-state index < -0.39 is 0 Å². The van der Waals surface area contributed by atoms with Crippen molar-refractivity contribution >= 4 is 12.0 Å². The van der Waals surface area contributed by atoms with Crippen LogP contribution < -0.4 is 0 Å². The van der Waals surface area contributed by atoms with Gasteiger partial charge in [-0.1, -0.05) is 54.6 Å². The van der Waals surface area contributed by atoms with Crippen molar-refractivity contribution in [2.24, 2.45) is 0 Å². The number of rotatable bonds is 6. The Hall–Kier alpha value is -2.55. The number of phenolic OH excluding ortho intramolecular Hbond substituents is 1. The molecule has 1 N–H and O–H groups in total. The van der Waals surface area contributed by atoms with Gasteiger partial charge in [0, 0.05) is 6.42 Å². The van der Waals surface area contributed by atoms with Crippen LogP contribution in [0.5, 0.6) is 5.75 Å². The summed E-state index contributed by atoms with van der Waals surface area (Å²) in [5, 5.41) is 9.17. The predicted molar refractivity (Wildman–Crippen MR) is 82.9 cm³/mol. The monoisotopic (exact) mass is 282 g/mol. The minimum atomic E-state index is -0.235. The van der Waals surface area contributed by atoms with Crippen molar-refractivity contribution in [3.8, 4) is 5.75 Å². The summed E-state index contributed by atoms with van der Waals surface area (Å²) in [4.78, 5) is 11.6. The molecule has 2 aromatic carbocycles. The van der Waals surface area contributed by atoms with Crippen LogP contribution in [0.25, 0.3) is 6.08 Å². The van der Waals surface area contributed by atoms with Gasteiger partial charge in [0.2, 0.25) is 0 Å². The van der Waals surface area contributed by atoms with Gasteiger partial charge in [0.05, 0.1) is 13.0 Å². The Morgan fingerprint density at radius 3 is 2.48 bits per heavy atom. The molecular weight excluding hydrogens is 264 g/mol. The molecule has 0 heterocycles. The van der Waals surface area contributed by atoms with Crippen LogP contribution in [0.15, 0.2) is 60.7 Å². The first kappa shape index (κ1) is 14.9. The third-order valence-corrected chi connectivity index (χ3v) is 2.98. The van der Waals surface area contributed by atoms with Crippen molar-refractivity contribution in [2.45, 2.75) is 12.8 Å². The minimum Gasteiger partial charge on any atom is -0.508 e. The summed E-state index contributed by atoms with van der Waals surface area (Å²) in [7, 11) is 0. The molecule has 0 spiro atoms. The number of hydrogen-bond donors (Lipinski definition) is 1. The van der Waals surface area contributed by atoms with Crippen LogP contribution in [0.1, 0.15) is 17.5 Å². The van der Waals surface area contributed by atoms with Crippen LogP contribution in [0.3, 0.4) is 0 Å². The third-order valence-electron chi connectivity index (χ3n) is 2.98. The SMILES string of the molecule is O=C(C/C=C/c1ccccc1)OCCc1ccc(O)cc1.